The van der Waals surface area contributed by atoms with Crippen molar-refractivity contribution in [2.75, 3.05) is 0 Å². The minimum atomic E-state index is -0.319. The average Bonchev–Trinajstić information content (AvgIpc) is 2.44. The zero-order chi connectivity index (χ0) is 14.5. The van der Waals surface area contributed by atoms with E-state index in [9.17, 15) is 4.39 Å². The zero-order valence-corrected chi connectivity index (χ0v) is 12.8. The molecule has 0 amide bonds. The Morgan fingerprint density at radius 3 is 2.60 bits per heavy atom. The number of hydrogen-bond acceptors (Lipinski definition) is 2. The second-order valence-corrected chi connectivity index (χ2v) is 5.54. The van der Waals surface area contributed by atoms with Crippen LogP contribution in [0.2, 0.25) is 0 Å². The molecule has 0 aliphatic rings. The van der Waals surface area contributed by atoms with E-state index in [4.69, 9.17) is 10.5 Å². The van der Waals surface area contributed by atoms with Crippen LogP contribution in [0.25, 0.3) is 0 Å². The van der Waals surface area contributed by atoms with Gasteiger partial charge in [0, 0.05) is 16.6 Å². The van der Waals surface area contributed by atoms with Crippen molar-refractivity contribution in [1.82, 2.24) is 0 Å². The number of benzene rings is 2. The van der Waals surface area contributed by atoms with Gasteiger partial charge in [0.2, 0.25) is 0 Å². The minimum Gasteiger partial charge on any atom is -0.484 e. The quantitative estimate of drug-likeness (QED) is 0.874. The lowest BCUT2D eigenvalue weighted by Gasteiger charge is -2.25. The van der Waals surface area contributed by atoms with Crippen molar-refractivity contribution in [3.63, 3.8) is 0 Å². The fourth-order valence-corrected chi connectivity index (χ4v) is 2.40. The molecule has 20 heavy (non-hydrogen) atoms. The summed E-state index contributed by atoms with van der Waals surface area (Å²) in [4.78, 5) is 0. The molecule has 106 valence electrons. The predicted octanol–water partition coefficient (Wildman–Crippen LogP) is 4.45. The van der Waals surface area contributed by atoms with Gasteiger partial charge < -0.3 is 10.5 Å². The molecule has 4 heteroatoms. The van der Waals surface area contributed by atoms with Gasteiger partial charge in [-0.05, 0) is 36.2 Å². The summed E-state index contributed by atoms with van der Waals surface area (Å²) in [5.74, 6) is 0.166. The number of ether oxygens (including phenoxy) is 1. The Morgan fingerprint density at radius 2 is 1.95 bits per heavy atom. The van der Waals surface area contributed by atoms with Crippen LogP contribution in [0.4, 0.5) is 4.39 Å². The maximum Gasteiger partial charge on any atom is 0.139 e. The molecular weight excluding hydrogens is 321 g/mol. The molecular formula is C16H17BrFNO. The van der Waals surface area contributed by atoms with E-state index < -0.39 is 0 Å². The predicted molar refractivity (Wildman–Crippen MR) is 82.2 cm³/mol. The molecule has 0 radical (unpaired) electrons. The molecule has 2 N–H and O–H groups in total. The first-order valence-corrected chi connectivity index (χ1v) is 7.32. The van der Waals surface area contributed by atoms with Gasteiger partial charge in [0.05, 0.1) is 0 Å². The highest BCUT2D eigenvalue weighted by atomic mass is 79.9. The minimum absolute atomic E-state index is 0.160. The van der Waals surface area contributed by atoms with E-state index in [1.165, 1.54) is 12.1 Å². The van der Waals surface area contributed by atoms with Crippen LogP contribution >= 0.6 is 15.9 Å². The van der Waals surface area contributed by atoms with Gasteiger partial charge in [-0.25, -0.2) is 4.39 Å². The highest BCUT2D eigenvalue weighted by molar-refractivity contribution is 9.10. The second kappa shape index (κ2) is 6.86. The Hall–Kier alpha value is -1.39. The summed E-state index contributed by atoms with van der Waals surface area (Å²) >= 11 is 3.44. The zero-order valence-electron chi connectivity index (χ0n) is 11.2. The summed E-state index contributed by atoms with van der Waals surface area (Å²) in [6.07, 6.45) is 0.464. The summed E-state index contributed by atoms with van der Waals surface area (Å²) in [7, 11) is 0. The number of hydrogen-bond donors (Lipinski definition) is 1. The Balaban J connectivity index is 2.29. The fraction of sp³-hybridized carbons (Fsp3) is 0.250. The van der Waals surface area contributed by atoms with Crippen LogP contribution in [-0.4, -0.2) is 6.04 Å². The Morgan fingerprint density at radius 1 is 1.20 bits per heavy atom. The van der Waals surface area contributed by atoms with Crippen molar-refractivity contribution in [3.8, 4) is 5.75 Å². The van der Waals surface area contributed by atoms with Gasteiger partial charge >= 0.3 is 0 Å². The molecule has 2 aromatic carbocycles. The maximum atomic E-state index is 13.2. The molecule has 0 bridgehead atoms. The lowest BCUT2D eigenvalue weighted by molar-refractivity contribution is 0.170. The SMILES string of the molecule is CCC(N)C(Oc1cccc(F)c1)c1cccc(Br)c1. The van der Waals surface area contributed by atoms with Gasteiger partial charge in [0.1, 0.15) is 17.7 Å². The van der Waals surface area contributed by atoms with Crippen LogP contribution in [0, 0.1) is 5.82 Å². The van der Waals surface area contributed by atoms with E-state index >= 15 is 0 Å². The van der Waals surface area contributed by atoms with Gasteiger partial charge in [-0.2, -0.15) is 0 Å². The smallest absolute Gasteiger partial charge is 0.139 e. The van der Waals surface area contributed by atoms with Gasteiger partial charge in [0.15, 0.2) is 0 Å². The summed E-state index contributed by atoms with van der Waals surface area (Å²) < 4.78 is 20.1. The summed E-state index contributed by atoms with van der Waals surface area (Å²) in [5, 5.41) is 0. The molecule has 0 saturated carbocycles. The molecule has 2 nitrogen and oxygen atoms in total. The Labute approximate surface area is 126 Å². The highest BCUT2D eigenvalue weighted by Crippen LogP contribution is 2.27. The molecule has 0 aliphatic carbocycles. The van der Waals surface area contributed by atoms with Crippen LogP contribution in [-0.2, 0) is 0 Å². The molecule has 2 unspecified atom stereocenters. The average molecular weight is 338 g/mol. The normalized spacial score (nSPS) is 13.8. The number of rotatable bonds is 5. The molecule has 0 spiro atoms. The lowest BCUT2D eigenvalue weighted by Crippen LogP contribution is -2.31. The third kappa shape index (κ3) is 3.81. The second-order valence-electron chi connectivity index (χ2n) is 4.62. The summed E-state index contributed by atoms with van der Waals surface area (Å²) in [5.41, 5.74) is 7.12. The highest BCUT2D eigenvalue weighted by Gasteiger charge is 2.21. The van der Waals surface area contributed by atoms with E-state index in [0.29, 0.717) is 5.75 Å². The molecule has 0 aromatic heterocycles. The van der Waals surface area contributed by atoms with Gasteiger partial charge in [0.25, 0.3) is 0 Å². The van der Waals surface area contributed by atoms with Crippen LogP contribution in [0.5, 0.6) is 5.75 Å². The first-order chi connectivity index (χ1) is 9.60. The van der Waals surface area contributed by atoms with E-state index in [-0.39, 0.29) is 18.0 Å². The third-order valence-electron chi connectivity index (χ3n) is 3.10. The Kier molecular flexibility index (Phi) is 5.15. The van der Waals surface area contributed by atoms with Crippen LogP contribution in [0.1, 0.15) is 25.0 Å². The maximum absolute atomic E-state index is 13.2. The first kappa shape index (κ1) is 15.0. The van der Waals surface area contributed by atoms with Crippen molar-refractivity contribution >= 4 is 15.9 Å². The van der Waals surface area contributed by atoms with Crippen molar-refractivity contribution in [2.24, 2.45) is 5.73 Å². The first-order valence-electron chi connectivity index (χ1n) is 6.53. The van der Waals surface area contributed by atoms with E-state index in [1.54, 1.807) is 12.1 Å². The van der Waals surface area contributed by atoms with Crippen molar-refractivity contribution in [1.29, 1.82) is 0 Å². The molecule has 0 heterocycles. The van der Waals surface area contributed by atoms with Gasteiger partial charge in [-0.3, -0.25) is 0 Å². The largest absolute Gasteiger partial charge is 0.484 e. The Bertz CT molecular complexity index is 576. The van der Waals surface area contributed by atoms with Crippen molar-refractivity contribution < 1.29 is 9.13 Å². The van der Waals surface area contributed by atoms with E-state index in [1.807, 2.05) is 31.2 Å². The van der Waals surface area contributed by atoms with E-state index in [2.05, 4.69) is 15.9 Å². The number of nitrogens with two attached hydrogens (primary N) is 1. The third-order valence-corrected chi connectivity index (χ3v) is 3.59. The topological polar surface area (TPSA) is 35.2 Å². The molecule has 0 saturated heterocycles. The molecule has 2 atom stereocenters. The number of halogens is 2. The monoisotopic (exact) mass is 337 g/mol. The lowest BCUT2D eigenvalue weighted by atomic mass is 10.0. The fourth-order valence-electron chi connectivity index (χ4n) is 1.99. The van der Waals surface area contributed by atoms with E-state index in [0.717, 1.165) is 16.5 Å². The van der Waals surface area contributed by atoms with Crippen LogP contribution in [0.3, 0.4) is 0 Å². The molecule has 2 aromatic rings. The van der Waals surface area contributed by atoms with Crippen LogP contribution < -0.4 is 10.5 Å². The summed E-state index contributed by atoms with van der Waals surface area (Å²) in [6, 6.07) is 13.8. The summed E-state index contributed by atoms with van der Waals surface area (Å²) in [6.45, 7) is 2.00. The molecule has 0 fully saturated rings. The van der Waals surface area contributed by atoms with Crippen molar-refractivity contribution in [3.05, 3.63) is 64.4 Å². The van der Waals surface area contributed by atoms with Crippen molar-refractivity contribution in [2.45, 2.75) is 25.5 Å². The molecule has 2 rings (SSSR count). The van der Waals surface area contributed by atoms with Gasteiger partial charge in [-0.15, -0.1) is 0 Å². The standard InChI is InChI=1S/C16H17BrFNO/c1-2-15(19)16(11-5-3-6-12(17)9-11)20-14-8-4-7-13(18)10-14/h3-10,15-16H,2,19H2,1H3. The van der Waals surface area contributed by atoms with Crippen LogP contribution in [0.15, 0.2) is 53.0 Å². The molecule has 0 aliphatic heterocycles. The van der Waals surface area contributed by atoms with Gasteiger partial charge in [-0.1, -0.05) is 41.1 Å².